The summed E-state index contributed by atoms with van der Waals surface area (Å²) in [6.07, 6.45) is 3.45. The molecule has 0 aliphatic heterocycles. The Hall–Kier alpha value is -0.240. The van der Waals surface area contributed by atoms with E-state index in [2.05, 4.69) is 6.58 Å². The highest BCUT2D eigenvalue weighted by Gasteiger charge is 1.98. The zero-order valence-electron chi connectivity index (χ0n) is 6.64. The van der Waals surface area contributed by atoms with Gasteiger partial charge in [-0.05, 0) is 19.6 Å². The maximum Gasteiger partial charge on any atom is 0.143 e. The number of allylic oxidation sites excluding steroid dienone is 1. The Morgan fingerprint density at radius 1 is 1.50 bits per heavy atom. The second kappa shape index (κ2) is 5.54. The van der Waals surface area contributed by atoms with Gasteiger partial charge in [-0.1, -0.05) is 5.57 Å². The minimum atomic E-state index is 0.329. The van der Waals surface area contributed by atoms with Crippen LogP contribution in [0.2, 0.25) is 0 Å². The second-order valence-corrected chi connectivity index (χ2v) is 3.29. The van der Waals surface area contributed by atoms with Crippen molar-refractivity contribution >= 4 is 17.5 Å². The molecule has 1 nitrogen and oxygen atoms in total. The van der Waals surface area contributed by atoms with Gasteiger partial charge in [-0.3, -0.25) is 4.79 Å². The standard InChI is InChI=1S/C8H14OS/c1-7(2)4-5-8(9)6-10-3/h1,4-6H2,2-3H3. The molecule has 0 aromatic heterocycles. The number of carbonyl (C=O) groups excluding carboxylic acids is 1. The third-order valence-electron chi connectivity index (χ3n) is 1.14. The van der Waals surface area contributed by atoms with Gasteiger partial charge in [0, 0.05) is 6.42 Å². The zero-order chi connectivity index (χ0) is 7.98. The minimum absolute atomic E-state index is 0.329. The first-order valence-electron chi connectivity index (χ1n) is 3.32. The highest BCUT2D eigenvalue weighted by Crippen LogP contribution is 2.03. The van der Waals surface area contributed by atoms with Crippen LogP contribution in [0.15, 0.2) is 12.2 Å². The Morgan fingerprint density at radius 2 is 2.10 bits per heavy atom. The normalized spacial score (nSPS) is 9.40. The molecule has 0 N–H and O–H groups in total. The van der Waals surface area contributed by atoms with Gasteiger partial charge < -0.3 is 0 Å². The first kappa shape index (κ1) is 9.76. The van der Waals surface area contributed by atoms with E-state index in [1.54, 1.807) is 11.8 Å². The number of ketones is 1. The van der Waals surface area contributed by atoms with Crippen molar-refractivity contribution in [3.8, 4) is 0 Å². The molecule has 10 heavy (non-hydrogen) atoms. The predicted octanol–water partition coefficient (Wildman–Crippen LogP) is 2.27. The van der Waals surface area contributed by atoms with Gasteiger partial charge in [0.2, 0.25) is 0 Å². The molecular weight excluding hydrogens is 144 g/mol. The maximum atomic E-state index is 10.9. The molecule has 0 aliphatic rings. The molecular formula is C8H14OS. The quantitative estimate of drug-likeness (QED) is 0.571. The average molecular weight is 158 g/mol. The lowest BCUT2D eigenvalue weighted by atomic mass is 10.1. The lowest BCUT2D eigenvalue weighted by molar-refractivity contribution is -0.116. The molecule has 0 saturated carbocycles. The Bertz CT molecular complexity index is 129. The fraction of sp³-hybridized carbons (Fsp3) is 0.625. The summed E-state index contributed by atoms with van der Waals surface area (Å²) in [5.74, 6) is 0.975. The van der Waals surface area contributed by atoms with Crippen molar-refractivity contribution in [2.24, 2.45) is 0 Å². The molecule has 0 atom stereocenters. The summed E-state index contributed by atoms with van der Waals surface area (Å²) in [7, 11) is 0. The number of carbonyl (C=O) groups is 1. The first-order valence-corrected chi connectivity index (χ1v) is 4.71. The lowest BCUT2D eigenvalue weighted by Gasteiger charge is -1.96. The molecule has 0 amide bonds. The number of rotatable bonds is 5. The van der Waals surface area contributed by atoms with Gasteiger partial charge >= 0.3 is 0 Å². The van der Waals surface area contributed by atoms with Gasteiger partial charge in [-0.2, -0.15) is 11.8 Å². The molecule has 2 heteroatoms. The van der Waals surface area contributed by atoms with Crippen molar-refractivity contribution in [3.05, 3.63) is 12.2 Å². The lowest BCUT2D eigenvalue weighted by Crippen LogP contribution is -2.00. The summed E-state index contributed by atoms with van der Waals surface area (Å²) in [5.41, 5.74) is 1.09. The summed E-state index contributed by atoms with van der Waals surface area (Å²) in [4.78, 5) is 10.9. The van der Waals surface area contributed by atoms with Crippen LogP contribution in [0.4, 0.5) is 0 Å². The van der Waals surface area contributed by atoms with Crippen LogP contribution >= 0.6 is 11.8 Å². The van der Waals surface area contributed by atoms with E-state index in [0.717, 1.165) is 12.0 Å². The molecule has 0 aromatic carbocycles. The fourth-order valence-electron chi connectivity index (χ4n) is 0.586. The second-order valence-electron chi connectivity index (χ2n) is 2.43. The van der Waals surface area contributed by atoms with Crippen LogP contribution in [0.5, 0.6) is 0 Å². The maximum absolute atomic E-state index is 10.9. The molecule has 0 rings (SSSR count). The van der Waals surface area contributed by atoms with Gasteiger partial charge in [0.15, 0.2) is 0 Å². The Morgan fingerprint density at radius 3 is 2.50 bits per heavy atom. The van der Waals surface area contributed by atoms with E-state index in [1.165, 1.54) is 0 Å². The van der Waals surface area contributed by atoms with Crippen LogP contribution in [0, 0.1) is 0 Å². The topological polar surface area (TPSA) is 17.1 Å². The van der Waals surface area contributed by atoms with Crippen molar-refractivity contribution in [1.82, 2.24) is 0 Å². The fourth-order valence-corrected chi connectivity index (χ4v) is 1.05. The van der Waals surface area contributed by atoms with E-state index < -0.39 is 0 Å². The summed E-state index contributed by atoms with van der Waals surface area (Å²) >= 11 is 1.58. The zero-order valence-corrected chi connectivity index (χ0v) is 7.46. The molecule has 0 unspecified atom stereocenters. The van der Waals surface area contributed by atoms with Crippen LogP contribution in [-0.2, 0) is 4.79 Å². The summed E-state index contributed by atoms with van der Waals surface area (Å²) in [5, 5.41) is 0. The number of Topliss-reactive ketones (excluding diaryl/α,β-unsaturated/α-hetero) is 1. The van der Waals surface area contributed by atoms with Crippen LogP contribution in [-0.4, -0.2) is 17.8 Å². The van der Waals surface area contributed by atoms with Gasteiger partial charge in [0.05, 0.1) is 5.75 Å². The molecule has 0 heterocycles. The van der Waals surface area contributed by atoms with E-state index in [0.29, 0.717) is 18.0 Å². The Balaban J connectivity index is 3.30. The highest BCUT2D eigenvalue weighted by atomic mass is 32.2. The van der Waals surface area contributed by atoms with Crippen LogP contribution in [0.1, 0.15) is 19.8 Å². The average Bonchev–Trinajstić information content (AvgIpc) is 1.85. The largest absolute Gasteiger partial charge is 0.299 e. The Kier molecular flexibility index (Phi) is 5.40. The van der Waals surface area contributed by atoms with Gasteiger partial charge in [-0.15, -0.1) is 6.58 Å². The SMILES string of the molecule is C=C(C)CCC(=O)CSC. The minimum Gasteiger partial charge on any atom is -0.299 e. The summed E-state index contributed by atoms with van der Waals surface area (Å²) in [6.45, 7) is 5.68. The molecule has 0 bridgehead atoms. The van der Waals surface area contributed by atoms with Crippen molar-refractivity contribution in [2.75, 3.05) is 12.0 Å². The molecule has 0 saturated heterocycles. The van der Waals surface area contributed by atoms with E-state index in [4.69, 9.17) is 0 Å². The van der Waals surface area contributed by atoms with Crippen LogP contribution in [0.25, 0.3) is 0 Å². The van der Waals surface area contributed by atoms with E-state index in [9.17, 15) is 4.79 Å². The molecule has 0 radical (unpaired) electrons. The molecule has 58 valence electrons. The molecule has 0 fully saturated rings. The van der Waals surface area contributed by atoms with Crippen molar-refractivity contribution < 1.29 is 4.79 Å². The van der Waals surface area contributed by atoms with E-state index >= 15 is 0 Å². The number of hydrogen-bond donors (Lipinski definition) is 0. The third kappa shape index (κ3) is 5.89. The molecule has 0 aromatic rings. The first-order chi connectivity index (χ1) is 4.66. The van der Waals surface area contributed by atoms with Crippen molar-refractivity contribution in [2.45, 2.75) is 19.8 Å². The molecule has 0 aliphatic carbocycles. The highest BCUT2D eigenvalue weighted by molar-refractivity contribution is 7.99. The van der Waals surface area contributed by atoms with Crippen LogP contribution in [0.3, 0.4) is 0 Å². The summed E-state index contributed by atoms with van der Waals surface area (Å²) in [6, 6.07) is 0. The molecule has 0 spiro atoms. The van der Waals surface area contributed by atoms with Gasteiger partial charge in [0.1, 0.15) is 5.78 Å². The number of hydrogen-bond acceptors (Lipinski definition) is 2. The Labute approximate surface area is 66.9 Å². The predicted molar refractivity (Wildman–Crippen MR) is 47.4 cm³/mol. The van der Waals surface area contributed by atoms with Gasteiger partial charge in [-0.25, -0.2) is 0 Å². The monoisotopic (exact) mass is 158 g/mol. The number of thioether (sulfide) groups is 1. The van der Waals surface area contributed by atoms with Crippen LogP contribution < -0.4 is 0 Å². The van der Waals surface area contributed by atoms with E-state index in [-0.39, 0.29) is 0 Å². The smallest absolute Gasteiger partial charge is 0.143 e. The van der Waals surface area contributed by atoms with E-state index in [1.807, 2.05) is 13.2 Å². The third-order valence-corrected chi connectivity index (χ3v) is 1.75. The summed E-state index contributed by atoms with van der Waals surface area (Å²) < 4.78 is 0. The van der Waals surface area contributed by atoms with Crippen molar-refractivity contribution in [3.63, 3.8) is 0 Å². The van der Waals surface area contributed by atoms with Crippen molar-refractivity contribution in [1.29, 1.82) is 0 Å². The van der Waals surface area contributed by atoms with Gasteiger partial charge in [0.25, 0.3) is 0 Å².